The fourth-order valence-corrected chi connectivity index (χ4v) is 3.65. The van der Waals surface area contributed by atoms with Gasteiger partial charge in [0.15, 0.2) is 0 Å². The van der Waals surface area contributed by atoms with E-state index in [1.54, 1.807) is 12.1 Å². The first kappa shape index (κ1) is 19.7. The van der Waals surface area contributed by atoms with Crippen molar-refractivity contribution < 1.29 is 4.79 Å². The summed E-state index contributed by atoms with van der Waals surface area (Å²) in [5, 5.41) is 3.71. The molecule has 29 heavy (non-hydrogen) atoms. The molecule has 0 radical (unpaired) electrons. The van der Waals surface area contributed by atoms with Crippen molar-refractivity contribution in [3.8, 4) is 0 Å². The van der Waals surface area contributed by atoms with E-state index in [0.717, 1.165) is 31.9 Å². The lowest BCUT2D eigenvalue weighted by Crippen LogP contribution is -2.26. The van der Waals surface area contributed by atoms with Crippen LogP contribution in [-0.2, 0) is 13.0 Å². The maximum Gasteiger partial charge on any atom is 0.251 e. The molecule has 3 aromatic carbocycles. The lowest BCUT2D eigenvalue weighted by Gasteiger charge is -2.10. The molecule has 0 bridgehead atoms. The number of nitrogens with zero attached hydrogens (tertiary/aromatic N) is 2. The molecular weight excluding hydrogens is 450 g/mol. The van der Waals surface area contributed by atoms with Crippen molar-refractivity contribution in [2.75, 3.05) is 6.54 Å². The fraction of sp³-hybridized carbons (Fsp3) is 0.130. The predicted molar refractivity (Wildman–Crippen MR) is 120 cm³/mol. The Morgan fingerprint density at radius 1 is 1.00 bits per heavy atom. The Bertz CT molecular complexity index is 1140. The van der Waals surface area contributed by atoms with Crippen LogP contribution in [0.25, 0.3) is 11.0 Å². The molecule has 0 aliphatic rings. The maximum absolute atomic E-state index is 12.4. The lowest BCUT2D eigenvalue weighted by molar-refractivity contribution is 0.0954. The fourth-order valence-electron chi connectivity index (χ4n) is 3.26. The SMILES string of the molecule is O=C(NCCc1nc2ccccc2n1Cc1ccc(Cl)cc1)c1ccc(Br)cc1. The van der Waals surface area contributed by atoms with E-state index in [1.807, 2.05) is 54.6 Å². The Kier molecular flexibility index (Phi) is 5.97. The predicted octanol–water partition coefficient (Wildman–Crippen LogP) is 5.47. The van der Waals surface area contributed by atoms with Crippen LogP contribution in [0.15, 0.2) is 77.3 Å². The quantitative estimate of drug-likeness (QED) is 0.408. The van der Waals surface area contributed by atoms with Gasteiger partial charge in [-0.15, -0.1) is 0 Å². The summed E-state index contributed by atoms with van der Waals surface area (Å²) in [5.74, 6) is 0.857. The van der Waals surface area contributed by atoms with E-state index in [0.29, 0.717) is 25.1 Å². The van der Waals surface area contributed by atoms with Crippen molar-refractivity contribution in [3.05, 3.63) is 99.2 Å². The van der Waals surface area contributed by atoms with Crippen molar-refractivity contribution in [1.82, 2.24) is 14.9 Å². The van der Waals surface area contributed by atoms with Crippen LogP contribution >= 0.6 is 27.5 Å². The average molecular weight is 469 g/mol. The average Bonchev–Trinajstić information content (AvgIpc) is 3.07. The monoisotopic (exact) mass is 467 g/mol. The zero-order valence-corrected chi connectivity index (χ0v) is 18.0. The van der Waals surface area contributed by atoms with Gasteiger partial charge < -0.3 is 9.88 Å². The topological polar surface area (TPSA) is 46.9 Å². The Balaban J connectivity index is 1.51. The molecule has 6 heteroatoms. The minimum atomic E-state index is -0.0853. The van der Waals surface area contributed by atoms with Gasteiger partial charge >= 0.3 is 0 Å². The summed E-state index contributed by atoms with van der Waals surface area (Å²) in [4.78, 5) is 17.1. The number of carbonyl (C=O) groups is 1. The number of nitrogens with one attached hydrogen (secondary N) is 1. The van der Waals surface area contributed by atoms with Gasteiger partial charge in [0.05, 0.1) is 11.0 Å². The molecular formula is C23H19BrClN3O. The Labute approximate surface area is 182 Å². The van der Waals surface area contributed by atoms with Crippen LogP contribution in [-0.4, -0.2) is 22.0 Å². The molecule has 146 valence electrons. The van der Waals surface area contributed by atoms with Crippen LogP contribution in [0.2, 0.25) is 5.02 Å². The third-order valence-corrected chi connectivity index (χ3v) is 5.51. The molecule has 0 saturated carbocycles. The normalized spacial score (nSPS) is 11.0. The Hall–Kier alpha value is -2.63. The van der Waals surface area contributed by atoms with E-state index in [4.69, 9.17) is 16.6 Å². The number of fused-ring (bicyclic) bond motifs is 1. The van der Waals surface area contributed by atoms with E-state index < -0.39 is 0 Å². The number of amides is 1. The van der Waals surface area contributed by atoms with Crippen molar-refractivity contribution in [3.63, 3.8) is 0 Å². The highest BCUT2D eigenvalue weighted by atomic mass is 79.9. The molecule has 4 aromatic rings. The van der Waals surface area contributed by atoms with Crippen LogP contribution in [0.5, 0.6) is 0 Å². The number of rotatable bonds is 6. The first-order valence-electron chi connectivity index (χ1n) is 9.32. The van der Waals surface area contributed by atoms with Crippen molar-refractivity contribution in [2.45, 2.75) is 13.0 Å². The van der Waals surface area contributed by atoms with E-state index in [2.05, 4.69) is 31.9 Å². The van der Waals surface area contributed by atoms with E-state index in [1.165, 1.54) is 0 Å². The molecule has 4 nitrogen and oxygen atoms in total. The van der Waals surface area contributed by atoms with Crippen molar-refractivity contribution >= 4 is 44.5 Å². The van der Waals surface area contributed by atoms with Gasteiger partial charge in [-0.25, -0.2) is 4.98 Å². The largest absolute Gasteiger partial charge is 0.352 e. The molecule has 1 heterocycles. The molecule has 0 saturated heterocycles. The minimum Gasteiger partial charge on any atom is -0.352 e. The molecule has 0 atom stereocenters. The second-order valence-electron chi connectivity index (χ2n) is 6.74. The first-order valence-corrected chi connectivity index (χ1v) is 10.5. The standard InChI is InChI=1S/C23H19BrClN3O/c24-18-9-7-17(8-10-18)23(29)26-14-13-22-27-20-3-1-2-4-21(20)28(22)15-16-5-11-19(25)12-6-16/h1-12H,13-15H2,(H,26,29). The number of hydrogen-bond donors (Lipinski definition) is 1. The summed E-state index contributed by atoms with van der Waals surface area (Å²) < 4.78 is 3.15. The summed E-state index contributed by atoms with van der Waals surface area (Å²) >= 11 is 9.40. The Morgan fingerprint density at radius 3 is 2.48 bits per heavy atom. The van der Waals surface area contributed by atoms with Gasteiger partial charge in [0.25, 0.3) is 5.91 Å². The number of hydrogen-bond acceptors (Lipinski definition) is 2. The van der Waals surface area contributed by atoms with Gasteiger partial charge in [0, 0.05) is 34.6 Å². The van der Waals surface area contributed by atoms with E-state index in [-0.39, 0.29) is 5.91 Å². The number of aromatic nitrogens is 2. The number of carbonyl (C=O) groups excluding carboxylic acids is 1. The van der Waals surface area contributed by atoms with Gasteiger partial charge in [-0.2, -0.15) is 0 Å². The van der Waals surface area contributed by atoms with Crippen LogP contribution < -0.4 is 5.32 Å². The minimum absolute atomic E-state index is 0.0853. The van der Waals surface area contributed by atoms with Gasteiger partial charge in [-0.1, -0.05) is 51.8 Å². The summed E-state index contributed by atoms with van der Waals surface area (Å²) in [6.45, 7) is 1.21. The summed E-state index contributed by atoms with van der Waals surface area (Å²) in [6.07, 6.45) is 0.643. The summed E-state index contributed by atoms with van der Waals surface area (Å²) in [5.41, 5.74) is 3.83. The third kappa shape index (κ3) is 4.69. The maximum atomic E-state index is 12.4. The summed E-state index contributed by atoms with van der Waals surface area (Å²) in [7, 11) is 0. The van der Waals surface area contributed by atoms with Crippen molar-refractivity contribution in [2.24, 2.45) is 0 Å². The highest BCUT2D eigenvalue weighted by Gasteiger charge is 2.12. The zero-order valence-electron chi connectivity index (χ0n) is 15.6. The smallest absolute Gasteiger partial charge is 0.251 e. The van der Waals surface area contributed by atoms with Gasteiger partial charge in [-0.05, 0) is 54.1 Å². The van der Waals surface area contributed by atoms with Gasteiger partial charge in [0.1, 0.15) is 5.82 Å². The number of halogens is 2. The van der Waals surface area contributed by atoms with Crippen molar-refractivity contribution in [1.29, 1.82) is 0 Å². The van der Waals surface area contributed by atoms with E-state index >= 15 is 0 Å². The number of para-hydroxylation sites is 2. The highest BCUT2D eigenvalue weighted by Crippen LogP contribution is 2.19. The molecule has 0 spiro atoms. The zero-order chi connectivity index (χ0) is 20.2. The molecule has 1 aromatic heterocycles. The first-order chi connectivity index (χ1) is 14.1. The van der Waals surface area contributed by atoms with Crippen LogP contribution in [0, 0.1) is 0 Å². The lowest BCUT2D eigenvalue weighted by atomic mass is 10.2. The molecule has 0 fully saturated rings. The Morgan fingerprint density at radius 2 is 1.72 bits per heavy atom. The molecule has 0 unspecified atom stereocenters. The summed E-state index contributed by atoms with van der Waals surface area (Å²) in [6, 6.07) is 23.3. The van der Waals surface area contributed by atoms with Gasteiger partial charge in [-0.3, -0.25) is 4.79 Å². The molecule has 1 N–H and O–H groups in total. The third-order valence-electron chi connectivity index (χ3n) is 4.73. The van der Waals surface area contributed by atoms with Crippen LogP contribution in [0.3, 0.4) is 0 Å². The number of benzene rings is 3. The van der Waals surface area contributed by atoms with Crippen LogP contribution in [0.4, 0.5) is 0 Å². The molecule has 4 rings (SSSR count). The highest BCUT2D eigenvalue weighted by molar-refractivity contribution is 9.10. The van der Waals surface area contributed by atoms with E-state index in [9.17, 15) is 4.79 Å². The number of imidazole rings is 1. The van der Waals surface area contributed by atoms with Crippen LogP contribution in [0.1, 0.15) is 21.7 Å². The second-order valence-corrected chi connectivity index (χ2v) is 8.09. The second kappa shape index (κ2) is 8.80. The van der Waals surface area contributed by atoms with Gasteiger partial charge in [0.2, 0.25) is 0 Å². The molecule has 1 amide bonds. The molecule has 0 aliphatic carbocycles. The molecule has 0 aliphatic heterocycles.